The highest BCUT2D eigenvalue weighted by atomic mass is 16.5. The van der Waals surface area contributed by atoms with Gasteiger partial charge in [0.05, 0.1) is 12.7 Å². The fraction of sp³-hybridized carbons (Fsp3) is 0.400. The summed E-state index contributed by atoms with van der Waals surface area (Å²) in [6.45, 7) is 3.80. The molecule has 14 heavy (non-hydrogen) atoms. The van der Waals surface area contributed by atoms with Crippen molar-refractivity contribution >= 4 is 5.97 Å². The van der Waals surface area contributed by atoms with Crippen LogP contribution in [0, 0.1) is 0 Å². The van der Waals surface area contributed by atoms with Gasteiger partial charge in [-0.1, -0.05) is 13.8 Å². The molecule has 0 aliphatic carbocycles. The number of aromatic nitrogens is 1. The molecule has 0 spiro atoms. The number of rotatable bonds is 2. The third-order valence-electron chi connectivity index (χ3n) is 1.93. The minimum atomic E-state index is -0.426. The van der Waals surface area contributed by atoms with Crippen LogP contribution in [0.5, 0.6) is 0 Å². The molecule has 0 unspecified atom stereocenters. The summed E-state index contributed by atoms with van der Waals surface area (Å²) in [5, 5.41) is 0. The summed E-state index contributed by atoms with van der Waals surface area (Å²) in [4.78, 5) is 25.0. The molecule has 0 saturated heterocycles. The largest absolute Gasteiger partial charge is 0.465 e. The first-order valence-electron chi connectivity index (χ1n) is 4.37. The second-order valence-corrected chi connectivity index (χ2v) is 3.30. The average molecular weight is 195 g/mol. The van der Waals surface area contributed by atoms with Gasteiger partial charge in [-0.25, -0.2) is 4.79 Å². The first-order chi connectivity index (χ1) is 6.56. The molecule has 1 aromatic heterocycles. The molecule has 4 heteroatoms. The number of carbonyl (C=O) groups is 1. The first-order valence-corrected chi connectivity index (χ1v) is 4.37. The quantitative estimate of drug-likeness (QED) is 0.723. The number of esters is 1. The number of pyridine rings is 1. The third kappa shape index (κ3) is 2.02. The molecule has 0 fully saturated rings. The summed E-state index contributed by atoms with van der Waals surface area (Å²) in [7, 11) is 1.32. The van der Waals surface area contributed by atoms with Gasteiger partial charge in [0.15, 0.2) is 0 Å². The highest BCUT2D eigenvalue weighted by Crippen LogP contribution is 2.15. The van der Waals surface area contributed by atoms with E-state index in [9.17, 15) is 9.59 Å². The summed E-state index contributed by atoms with van der Waals surface area (Å²) in [5.74, 6) is -0.344. The van der Waals surface area contributed by atoms with Gasteiger partial charge in [-0.3, -0.25) is 4.79 Å². The first kappa shape index (κ1) is 10.5. The van der Waals surface area contributed by atoms with Gasteiger partial charge in [0.1, 0.15) is 0 Å². The number of ether oxygens (including phenoxy) is 1. The lowest BCUT2D eigenvalue weighted by atomic mass is 10.0. The Bertz CT molecular complexity index is 393. The minimum Gasteiger partial charge on any atom is -0.465 e. The van der Waals surface area contributed by atoms with Crippen molar-refractivity contribution in [2.45, 2.75) is 19.8 Å². The normalized spacial score (nSPS) is 10.3. The molecule has 76 valence electrons. The molecule has 0 saturated carbocycles. The van der Waals surface area contributed by atoms with E-state index < -0.39 is 5.97 Å². The minimum absolute atomic E-state index is 0.0815. The maximum atomic E-state index is 11.3. The van der Waals surface area contributed by atoms with E-state index >= 15 is 0 Å². The monoisotopic (exact) mass is 195 g/mol. The van der Waals surface area contributed by atoms with Crippen LogP contribution in [-0.4, -0.2) is 18.1 Å². The van der Waals surface area contributed by atoms with E-state index in [0.29, 0.717) is 11.3 Å². The Balaban J connectivity index is 3.28. The average Bonchev–Trinajstić information content (AvgIpc) is 2.16. The number of methoxy groups -OCH3 is 1. The molecule has 1 heterocycles. The lowest BCUT2D eigenvalue weighted by Crippen LogP contribution is -2.15. The van der Waals surface area contributed by atoms with E-state index in [1.807, 2.05) is 13.8 Å². The van der Waals surface area contributed by atoms with Crippen LogP contribution in [0.1, 0.15) is 35.8 Å². The molecule has 0 atom stereocenters. The maximum Gasteiger partial charge on any atom is 0.339 e. The Morgan fingerprint density at radius 1 is 1.43 bits per heavy atom. The second kappa shape index (κ2) is 4.09. The lowest BCUT2D eigenvalue weighted by molar-refractivity contribution is 0.0598. The Morgan fingerprint density at radius 3 is 2.57 bits per heavy atom. The molecule has 0 amide bonds. The van der Waals surface area contributed by atoms with E-state index in [4.69, 9.17) is 0 Å². The number of aromatic amines is 1. The number of hydrogen-bond donors (Lipinski definition) is 1. The van der Waals surface area contributed by atoms with Gasteiger partial charge in [-0.15, -0.1) is 0 Å². The van der Waals surface area contributed by atoms with Crippen LogP contribution < -0.4 is 5.56 Å². The fourth-order valence-electron chi connectivity index (χ4n) is 1.23. The zero-order chi connectivity index (χ0) is 10.7. The molecule has 1 rings (SSSR count). The van der Waals surface area contributed by atoms with Crippen molar-refractivity contribution in [2.75, 3.05) is 7.11 Å². The predicted molar refractivity (Wildman–Crippen MR) is 52.5 cm³/mol. The van der Waals surface area contributed by atoms with Crippen LogP contribution in [0.25, 0.3) is 0 Å². The predicted octanol–water partition coefficient (Wildman–Crippen LogP) is 1.28. The summed E-state index contributed by atoms with van der Waals surface area (Å²) in [5.41, 5.74) is 0.827. The van der Waals surface area contributed by atoms with Crippen molar-refractivity contribution in [3.05, 3.63) is 33.7 Å². The van der Waals surface area contributed by atoms with Crippen molar-refractivity contribution in [3.63, 3.8) is 0 Å². The van der Waals surface area contributed by atoms with Crippen molar-refractivity contribution in [3.8, 4) is 0 Å². The van der Waals surface area contributed by atoms with Gasteiger partial charge in [-0.2, -0.15) is 0 Å². The number of hydrogen-bond acceptors (Lipinski definition) is 3. The van der Waals surface area contributed by atoms with E-state index in [-0.39, 0.29) is 11.5 Å². The second-order valence-electron chi connectivity index (χ2n) is 3.30. The standard InChI is InChI=1S/C10H13NO3/c1-6(2)9-7(10(13)14-3)4-5-8(12)11-9/h4-6H,1-3H3,(H,11,12). The molecule has 4 nitrogen and oxygen atoms in total. The van der Waals surface area contributed by atoms with Crippen LogP contribution in [0.4, 0.5) is 0 Å². The summed E-state index contributed by atoms with van der Waals surface area (Å²) in [6, 6.07) is 2.80. The van der Waals surface area contributed by atoms with Gasteiger partial charge in [0, 0.05) is 11.8 Å². The van der Waals surface area contributed by atoms with Crippen LogP contribution in [0.15, 0.2) is 16.9 Å². The van der Waals surface area contributed by atoms with Crippen LogP contribution in [0.2, 0.25) is 0 Å². The fourth-order valence-corrected chi connectivity index (χ4v) is 1.23. The number of carbonyl (C=O) groups excluding carboxylic acids is 1. The van der Waals surface area contributed by atoms with E-state index in [0.717, 1.165) is 0 Å². The van der Waals surface area contributed by atoms with Gasteiger partial charge >= 0.3 is 5.97 Å². The van der Waals surface area contributed by atoms with E-state index in [2.05, 4.69) is 9.72 Å². The van der Waals surface area contributed by atoms with Gasteiger partial charge in [0.2, 0.25) is 5.56 Å². The van der Waals surface area contributed by atoms with Gasteiger partial charge < -0.3 is 9.72 Å². The van der Waals surface area contributed by atoms with Crippen molar-refractivity contribution in [1.29, 1.82) is 0 Å². The zero-order valence-corrected chi connectivity index (χ0v) is 8.46. The van der Waals surface area contributed by atoms with Gasteiger partial charge in [-0.05, 0) is 12.0 Å². The Labute approximate surface area is 81.9 Å². The highest BCUT2D eigenvalue weighted by molar-refractivity contribution is 5.90. The van der Waals surface area contributed by atoms with Gasteiger partial charge in [0.25, 0.3) is 0 Å². The summed E-state index contributed by atoms with van der Waals surface area (Å²) in [6.07, 6.45) is 0. The number of nitrogens with one attached hydrogen (secondary N) is 1. The third-order valence-corrected chi connectivity index (χ3v) is 1.93. The molecule has 0 radical (unpaired) electrons. The molecule has 0 aromatic carbocycles. The Kier molecular flexibility index (Phi) is 3.06. The van der Waals surface area contributed by atoms with Crippen molar-refractivity contribution in [2.24, 2.45) is 0 Å². The maximum absolute atomic E-state index is 11.3. The Morgan fingerprint density at radius 2 is 2.07 bits per heavy atom. The van der Waals surface area contributed by atoms with E-state index in [1.54, 1.807) is 0 Å². The topological polar surface area (TPSA) is 59.2 Å². The Hall–Kier alpha value is -1.58. The van der Waals surface area contributed by atoms with Crippen LogP contribution in [-0.2, 0) is 4.74 Å². The van der Waals surface area contributed by atoms with Crippen molar-refractivity contribution in [1.82, 2.24) is 4.98 Å². The summed E-state index contributed by atoms with van der Waals surface area (Å²) >= 11 is 0. The van der Waals surface area contributed by atoms with Crippen molar-refractivity contribution < 1.29 is 9.53 Å². The number of H-pyrrole nitrogens is 1. The zero-order valence-electron chi connectivity index (χ0n) is 8.46. The molecular weight excluding hydrogens is 182 g/mol. The summed E-state index contributed by atoms with van der Waals surface area (Å²) < 4.78 is 4.61. The molecule has 1 N–H and O–H groups in total. The SMILES string of the molecule is COC(=O)c1ccc(=O)[nH]c1C(C)C. The highest BCUT2D eigenvalue weighted by Gasteiger charge is 2.14. The molecule has 1 aromatic rings. The molecule has 0 aliphatic rings. The van der Waals surface area contributed by atoms with E-state index in [1.165, 1.54) is 19.2 Å². The molecule has 0 aliphatic heterocycles. The van der Waals surface area contributed by atoms with Crippen LogP contribution in [0.3, 0.4) is 0 Å². The molecule has 0 bridgehead atoms. The smallest absolute Gasteiger partial charge is 0.339 e. The van der Waals surface area contributed by atoms with Crippen LogP contribution >= 0.6 is 0 Å². The molecular formula is C10H13NO3. The lowest BCUT2D eigenvalue weighted by Gasteiger charge is -2.09.